The van der Waals surface area contributed by atoms with E-state index in [-0.39, 0.29) is 12.3 Å². The van der Waals surface area contributed by atoms with Crippen molar-refractivity contribution in [3.63, 3.8) is 0 Å². The lowest BCUT2D eigenvalue weighted by molar-refractivity contribution is 0.100. The van der Waals surface area contributed by atoms with E-state index in [2.05, 4.69) is 4.98 Å². The molecule has 0 amide bonds. The van der Waals surface area contributed by atoms with E-state index >= 15 is 0 Å². The second kappa shape index (κ2) is 3.23. The molecule has 4 heteroatoms. The second-order valence-corrected chi connectivity index (χ2v) is 3.18. The van der Waals surface area contributed by atoms with Gasteiger partial charge in [0.1, 0.15) is 0 Å². The number of hydrogen-bond acceptors (Lipinski definition) is 3. The molecule has 0 spiro atoms. The summed E-state index contributed by atoms with van der Waals surface area (Å²) in [5.74, 6) is -0.0828. The number of nitrogens with two attached hydrogens (primary N) is 1. The predicted octanol–water partition coefficient (Wildman–Crippen LogP) is 0.715. The van der Waals surface area contributed by atoms with Gasteiger partial charge in [0, 0.05) is 25.0 Å². The molecule has 0 bridgehead atoms. The standard InChI is InChI=1S/C10H11N3O/c1-13-3-2-8-9(13)4-7(6-12-8)10(14)5-11/h2-4,6H,5,11H2,1H3. The first-order chi connectivity index (χ1) is 6.72. The first kappa shape index (κ1) is 8.90. The van der Waals surface area contributed by atoms with E-state index in [0.717, 1.165) is 11.0 Å². The Labute approximate surface area is 81.3 Å². The summed E-state index contributed by atoms with van der Waals surface area (Å²) in [6, 6.07) is 3.73. The minimum absolute atomic E-state index is 0.0254. The molecule has 0 radical (unpaired) electrons. The lowest BCUT2D eigenvalue weighted by atomic mass is 10.2. The second-order valence-electron chi connectivity index (χ2n) is 3.18. The summed E-state index contributed by atoms with van der Waals surface area (Å²) in [5.41, 5.74) is 7.69. The smallest absolute Gasteiger partial charge is 0.178 e. The van der Waals surface area contributed by atoms with Gasteiger partial charge in [-0.3, -0.25) is 9.78 Å². The lowest BCUT2D eigenvalue weighted by Gasteiger charge is -1.99. The summed E-state index contributed by atoms with van der Waals surface area (Å²) in [5, 5.41) is 0. The maximum absolute atomic E-state index is 11.3. The average Bonchev–Trinajstić information content (AvgIpc) is 2.59. The zero-order valence-corrected chi connectivity index (χ0v) is 7.90. The van der Waals surface area contributed by atoms with Crippen LogP contribution in [0.1, 0.15) is 10.4 Å². The Morgan fingerprint density at radius 3 is 3.14 bits per heavy atom. The van der Waals surface area contributed by atoms with Crippen LogP contribution >= 0.6 is 0 Å². The summed E-state index contributed by atoms with van der Waals surface area (Å²) in [6.07, 6.45) is 3.48. The zero-order valence-electron chi connectivity index (χ0n) is 7.90. The van der Waals surface area contributed by atoms with Gasteiger partial charge >= 0.3 is 0 Å². The van der Waals surface area contributed by atoms with Crippen LogP contribution in [-0.4, -0.2) is 21.9 Å². The molecule has 0 saturated heterocycles. The van der Waals surface area contributed by atoms with Crippen LogP contribution < -0.4 is 5.73 Å². The van der Waals surface area contributed by atoms with Crippen molar-refractivity contribution in [1.82, 2.24) is 9.55 Å². The minimum atomic E-state index is -0.0828. The van der Waals surface area contributed by atoms with Crippen LogP contribution in [0.5, 0.6) is 0 Å². The number of carbonyl (C=O) groups excluding carboxylic acids is 1. The number of aryl methyl sites for hydroxylation is 1. The Morgan fingerprint density at radius 1 is 1.64 bits per heavy atom. The van der Waals surface area contributed by atoms with E-state index in [4.69, 9.17) is 5.73 Å². The van der Waals surface area contributed by atoms with Crippen LogP contribution in [0.3, 0.4) is 0 Å². The molecule has 0 unspecified atom stereocenters. The molecule has 0 aliphatic rings. The van der Waals surface area contributed by atoms with Gasteiger partial charge in [-0.2, -0.15) is 0 Å². The van der Waals surface area contributed by atoms with Gasteiger partial charge in [0.15, 0.2) is 5.78 Å². The fraction of sp³-hybridized carbons (Fsp3) is 0.200. The molecular weight excluding hydrogens is 178 g/mol. The molecular formula is C10H11N3O. The number of rotatable bonds is 2. The number of Topliss-reactive ketones (excluding diaryl/α,β-unsaturated/α-hetero) is 1. The molecule has 0 aliphatic carbocycles. The molecule has 4 nitrogen and oxygen atoms in total. The molecule has 2 aromatic rings. The number of hydrogen-bond donors (Lipinski definition) is 1. The Balaban J connectivity index is 2.60. The number of nitrogens with zero attached hydrogens (tertiary/aromatic N) is 2. The first-order valence-corrected chi connectivity index (χ1v) is 4.36. The highest BCUT2D eigenvalue weighted by molar-refractivity contribution is 5.99. The maximum atomic E-state index is 11.3. The predicted molar refractivity (Wildman–Crippen MR) is 54.1 cm³/mol. The van der Waals surface area contributed by atoms with E-state index in [9.17, 15) is 4.79 Å². The monoisotopic (exact) mass is 189 g/mol. The van der Waals surface area contributed by atoms with E-state index in [1.165, 1.54) is 0 Å². The Hall–Kier alpha value is -1.68. The molecule has 2 aromatic heterocycles. The topological polar surface area (TPSA) is 60.9 Å². The zero-order chi connectivity index (χ0) is 10.1. The summed E-state index contributed by atoms with van der Waals surface area (Å²) in [6.45, 7) is 0.0254. The van der Waals surface area contributed by atoms with Gasteiger partial charge in [-0.25, -0.2) is 0 Å². The Morgan fingerprint density at radius 2 is 2.43 bits per heavy atom. The third-order valence-corrected chi connectivity index (χ3v) is 2.24. The van der Waals surface area contributed by atoms with Gasteiger partial charge < -0.3 is 10.3 Å². The van der Waals surface area contributed by atoms with Crippen molar-refractivity contribution in [3.8, 4) is 0 Å². The third kappa shape index (κ3) is 1.29. The number of aromatic nitrogens is 2. The van der Waals surface area contributed by atoms with Gasteiger partial charge in [-0.05, 0) is 12.1 Å². The van der Waals surface area contributed by atoms with Crippen LogP contribution in [0, 0.1) is 0 Å². The van der Waals surface area contributed by atoms with Gasteiger partial charge in [-0.15, -0.1) is 0 Å². The Kier molecular flexibility index (Phi) is 2.05. The summed E-state index contributed by atoms with van der Waals surface area (Å²) < 4.78 is 1.93. The molecule has 72 valence electrons. The Bertz CT molecular complexity index is 487. The van der Waals surface area contributed by atoms with Crippen molar-refractivity contribution >= 4 is 16.8 Å². The molecule has 0 aliphatic heterocycles. The number of carbonyl (C=O) groups is 1. The van der Waals surface area contributed by atoms with Crippen LogP contribution in [0.2, 0.25) is 0 Å². The average molecular weight is 189 g/mol. The fourth-order valence-corrected chi connectivity index (χ4v) is 1.41. The largest absolute Gasteiger partial charge is 0.349 e. The van der Waals surface area contributed by atoms with Crippen molar-refractivity contribution in [2.45, 2.75) is 0 Å². The van der Waals surface area contributed by atoms with Gasteiger partial charge in [0.25, 0.3) is 0 Å². The van der Waals surface area contributed by atoms with E-state index in [0.29, 0.717) is 5.56 Å². The first-order valence-electron chi connectivity index (χ1n) is 4.36. The number of pyridine rings is 1. The van der Waals surface area contributed by atoms with Crippen molar-refractivity contribution in [3.05, 3.63) is 30.1 Å². The number of fused-ring (bicyclic) bond motifs is 1. The highest BCUT2D eigenvalue weighted by atomic mass is 16.1. The molecule has 0 fully saturated rings. The molecule has 0 aromatic carbocycles. The van der Waals surface area contributed by atoms with Crippen molar-refractivity contribution in [2.75, 3.05) is 6.54 Å². The van der Waals surface area contributed by atoms with Crippen molar-refractivity contribution < 1.29 is 4.79 Å². The normalized spacial score (nSPS) is 10.7. The summed E-state index contributed by atoms with van der Waals surface area (Å²) in [4.78, 5) is 15.5. The van der Waals surface area contributed by atoms with E-state index in [1.807, 2.05) is 29.9 Å². The molecule has 2 heterocycles. The van der Waals surface area contributed by atoms with Crippen LogP contribution in [0.25, 0.3) is 11.0 Å². The summed E-state index contributed by atoms with van der Waals surface area (Å²) in [7, 11) is 1.92. The lowest BCUT2D eigenvalue weighted by Crippen LogP contribution is -2.13. The molecule has 2 N–H and O–H groups in total. The molecule has 0 saturated carbocycles. The quantitative estimate of drug-likeness (QED) is 0.708. The number of ketones is 1. The highest BCUT2D eigenvalue weighted by Gasteiger charge is 2.06. The van der Waals surface area contributed by atoms with Gasteiger partial charge in [-0.1, -0.05) is 0 Å². The van der Waals surface area contributed by atoms with Crippen LogP contribution in [-0.2, 0) is 7.05 Å². The van der Waals surface area contributed by atoms with Gasteiger partial charge in [0.05, 0.1) is 17.6 Å². The van der Waals surface area contributed by atoms with E-state index < -0.39 is 0 Å². The van der Waals surface area contributed by atoms with Crippen LogP contribution in [0.15, 0.2) is 24.5 Å². The maximum Gasteiger partial charge on any atom is 0.178 e. The highest BCUT2D eigenvalue weighted by Crippen LogP contribution is 2.13. The third-order valence-electron chi connectivity index (χ3n) is 2.24. The molecule has 0 atom stereocenters. The van der Waals surface area contributed by atoms with Gasteiger partial charge in [0.2, 0.25) is 0 Å². The van der Waals surface area contributed by atoms with E-state index in [1.54, 1.807) is 6.20 Å². The molecule has 2 rings (SSSR count). The fourth-order valence-electron chi connectivity index (χ4n) is 1.41. The van der Waals surface area contributed by atoms with Crippen molar-refractivity contribution in [1.29, 1.82) is 0 Å². The minimum Gasteiger partial charge on any atom is -0.349 e. The molecule has 14 heavy (non-hydrogen) atoms. The SMILES string of the molecule is Cn1ccc2ncc(C(=O)CN)cc21. The van der Waals surface area contributed by atoms with Crippen LogP contribution in [0.4, 0.5) is 0 Å². The summed E-state index contributed by atoms with van der Waals surface area (Å²) >= 11 is 0. The van der Waals surface area contributed by atoms with Crippen molar-refractivity contribution in [2.24, 2.45) is 12.8 Å².